The lowest BCUT2D eigenvalue weighted by Crippen LogP contribution is -2.25. The number of carbonyl (C=O) groups is 1. The van der Waals surface area contributed by atoms with Crippen LogP contribution in [0.15, 0.2) is 22.9 Å². The first-order valence-corrected chi connectivity index (χ1v) is 8.70. The molecule has 0 unspecified atom stereocenters. The zero-order chi connectivity index (χ0) is 14.2. The van der Waals surface area contributed by atoms with Crippen molar-refractivity contribution in [3.8, 4) is 0 Å². The highest BCUT2D eigenvalue weighted by Gasteiger charge is 2.03. The number of rotatable bonds is 8. The highest BCUT2D eigenvalue weighted by Crippen LogP contribution is 2.12. The molecule has 0 bridgehead atoms. The molecule has 1 amide bonds. The second kappa shape index (κ2) is 8.17. The summed E-state index contributed by atoms with van der Waals surface area (Å²) in [6, 6.07) is 4.23. The molecular formula is C15H20N2OS2. The minimum Gasteiger partial charge on any atom is -0.356 e. The van der Waals surface area contributed by atoms with Gasteiger partial charge in [0, 0.05) is 29.6 Å². The van der Waals surface area contributed by atoms with Crippen LogP contribution in [-0.4, -0.2) is 17.4 Å². The highest BCUT2D eigenvalue weighted by atomic mass is 32.1. The molecule has 0 saturated carbocycles. The molecule has 2 heterocycles. The van der Waals surface area contributed by atoms with E-state index in [9.17, 15) is 4.79 Å². The van der Waals surface area contributed by atoms with Crippen LogP contribution in [-0.2, 0) is 17.6 Å². The molecule has 0 aliphatic heterocycles. The van der Waals surface area contributed by atoms with Crippen molar-refractivity contribution < 1.29 is 4.79 Å². The Morgan fingerprint density at radius 1 is 1.30 bits per heavy atom. The average molecular weight is 308 g/mol. The first-order valence-electron chi connectivity index (χ1n) is 6.94. The molecule has 0 aliphatic carbocycles. The van der Waals surface area contributed by atoms with Gasteiger partial charge in [0.15, 0.2) is 0 Å². The molecule has 0 atom stereocenters. The number of thiophene rings is 1. The molecule has 0 aliphatic rings. The number of nitrogens with zero attached hydrogens (tertiary/aromatic N) is 1. The summed E-state index contributed by atoms with van der Waals surface area (Å²) in [6.07, 6.45) is 4.58. The third-order valence-corrected chi connectivity index (χ3v) is 4.79. The Hall–Kier alpha value is -1.20. The van der Waals surface area contributed by atoms with Gasteiger partial charge < -0.3 is 5.32 Å². The lowest BCUT2D eigenvalue weighted by molar-refractivity contribution is -0.121. The van der Waals surface area contributed by atoms with Gasteiger partial charge in [0.1, 0.15) is 0 Å². The van der Waals surface area contributed by atoms with Crippen molar-refractivity contribution in [1.29, 1.82) is 0 Å². The molecule has 5 heteroatoms. The predicted octanol–water partition coefficient (Wildman–Crippen LogP) is 3.58. The standard InChI is InChI=1S/C15H20N2OS2/c1-12-17-13(11-20-12)8-9-16-15(18)7-3-2-5-14-6-4-10-19-14/h4,6,10-11H,2-3,5,7-9H2,1H3,(H,16,18). The van der Waals surface area contributed by atoms with Crippen LogP contribution in [0.2, 0.25) is 0 Å². The van der Waals surface area contributed by atoms with E-state index < -0.39 is 0 Å². The van der Waals surface area contributed by atoms with Crippen molar-refractivity contribution >= 4 is 28.6 Å². The molecule has 108 valence electrons. The van der Waals surface area contributed by atoms with Crippen molar-refractivity contribution in [3.63, 3.8) is 0 Å². The molecule has 2 rings (SSSR count). The molecule has 3 nitrogen and oxygen atoms in total. The van der Waals surface area contributed by atoms with Crippen molar-refractivity contribution in [2.45, 2.75) is 39.0 Å². The van der Waals surface area contributed by atoms with Gasteiger partial charge in [0.05, 0.1) is 10.7 Å². The summed E-state index contributed by atoms with van der Waals surface area (Å²) in [5.74, 6) is 0.156. The molecule has 2 aromatic rings. The summed E-state index contributed by atoms with van der Waals surface area (Å²) >= 11 is 3.44. The third-order valence-electron chi connectivity index (χ3n) is 3.03. The van der Waals surface area contributed by atoms with E-state index >= 15 is 0 Å². The van der Waals surface area contributed by atoms with E-state index in [1.807, 2.05) is 6.92 Å². The molecule has 2 aromatic heterocycles. The Kier molecular flexibility index (Phi) is 6.21. The van der Waals surface area contributed by atoms with E-state index in [-0.39, 0.29) is 5.91 Å². The molecule has 1 N–H and O–H groups in total. The van der Waals surface area contributed by atoms with Crippen LogP contribution in [0.4, 0.5) is 0 Å². The molecule has 0 spiro atoms. The Balaban J connectivity index is 1.52. The first-order chi connectivity index (χ1) is 9.74. The van der Waals surface area contributed by atoms with Gasteiger partial charge in [-0.3, -0.25) is 4.79 Å². The summed E-state index contributed by atoms with van der Waals surface area (Å²) in [5, 5.41) is 8.20. The maximum atomic E-state index is 11.7. The van der Waals surface area contributed by atoms with Gasteiger partial charge in [-0.25, -0.2) is 4.98 Å². The Bertz CT molecular complexity index is 520. The topological polar surface area (TPSA) is 42.0 Å². The summed E-state index contributed by atoms with van der Waals surface area (Å²) in [6.45, 7) is 2.69. The molecule has 20 heavy (non-hydrogen) atoms. The number of aryl methyl sites for hydroxylation is 2. The largest absolute Gasteiger partial charge is 0.356 e. The van der Waals surface area contributed by atoms with Crippen molar-refractivity contribution in [1.82, 2.24) is 10.3 Å². The molecule has 0 radical (unpaired) electrons. The fourth-order valence-corrected chi connectivity index (χ4v) is 3.38. The summed E-state index contributed by atoms with van der Waals surface area (Å²) in [4.78, 5) is 17.5. The van der Waals surface area contributed by atoms with E-state index in [1.54, 1.807) is 22.7 Å². The third kappa shape index (κ3) is 5.43. The van der Waals surface area contributed by atoms with E-state index in [1.165, 1.54) is 4.88 Å². The van der Waals surface area contributed by atoms with Gasteiger partial charge >= 0.3 is 0 Å². The predicted molar refractivity (Wildman–Crippen MR) is 85.4 cm³/mol. The lowest BCUT2D eigenvalue weighted by atomic mass is 10.1. The van der Waals surface area contributed by atoms with Crippen LogP contribution in [0.3, 0.4) is 0 Å². The van der Waals surface area contributed by atoms with Gasteiger partial charge in [-0.05, 0) is 37.6 Å². The summed E-state index contributed by atoms with van der Waals surface area (Å²) in [7, 11) is 0. The maximum Gasteiger partial charge on any atom is 0.220 e. The summed E-state index contributed by atoms with van der Waals surface area (Å²) < 4.78 is 0. The number of carbonyl (C=O) groups excluding carboxylic acids is 1. The fraction of sp³-hybridized carbons (Fsp3) is 0.467. The van der Waals surface area contributed by atoms with Crippen molar-refractivity contribution in [2.24, 2.45) is 0 Å². The Labute approximate surface area is 128 Å². The van der Waals surface area contributed by atoms with Crippen LogP contribution in [0.1, 0.15) is 34.8 Å². The van der Waals surface area contributed by atoms with E-state index in [2.05, 4.69) is 33.2 Å². The Morgan fingerprint density at radius 2 is 2.20 bits per heavy atom. The maximum absolute atomic E-state index is 11.7. The number of thiazole rings is 1. The van der Waals surface area contributed by atoms with Crippen LogP contribution >= 0.6 is 22.7 Å². The first kappa shape index (κ1) is 15.2. The second-order valence-corrected chi connectivity index (χ2v) is 6.84. The zero-order valence-electron chi connectivity index (χ0n) is 11.7. The van der Waals surface area contributed by atoms with E-state index in [4.69, 9.17) is 0 Å². The zero-order valence-corrected chi connectivity index (χ0v) is 13.4. The second-order valence-electron chi connectivity index (χ2n) is 4.74. The Morgan fingerprint density at radius 3 is 2.90 bits per heavy atom. The van der Waals surface area contributed by atoms with Gasteiger partial charge in [0.25, 0.3) is 0 Å². The molecular weight excluding hydrogens is 288 g/mol. The number of aromatic nitrogens is 1. The molecule has 0 aromatic carbocycles. The highest BCUT2D eigenvalue weighted by molar-refractivity contribution is 7.10. The normalized spacial score (nSPS) is 10.7. The van der Waals surface area contributed by atoms with E-state index in [0.717, 1.165) is 36.4 Å². The van der Waals surface area contributed by atoms with Crippen molar-refractivity contribution in [2.75, 3.05) is 6.54 Å². The lowest BCUT2D eigenvalue weighted by Gasteiger charge is -2.03. The van der Waals surface area contributed by atoms with E-state index in [0.29, 0.717) is 13.0 Å². The minimum absolute atomic E-state index is 0.156. The molecule has 0 fully saturated rings. The fourth-order valence-electron chi connectivity index (χ4n) is 1.98. The quantitative estimate of drug-likeness (QED) is 0.757. The van der Waals surface area contributed by atoms with Gasteiger partial charge in [-0.15, -0.1) is 22.7 Å². The smallest absolute Gasteiger partial charge is 0.220 e. The monoisotopic (exact) mass is 308 g/mol. The van der Waals surface area contributed by atoms with Crippen LogP contribution in [0.5, 0.6) is 0 Å². The number of hydrogen-bond donors (Lipinski definition) is 1. The van der Waals surface area contributed by atoms with Crippen LogP contribution in [0.25, 0.3) is 0 Å². The SMILES string of the molecule is Cc1nc(CCNC(=O)CCCCc2cccs2)cs1. The average Bonchev–Trinajstić information content (AvgIpc) is 3.06. The molecule has 0 saturated heterocycles. The number of nitrogens with one attached hydrogen (secondary N) is 1. The number of amides is 1. The number of hydrogen-bond acceptors (Lipinski definition) is 4. The van der Waals surface area contributed by atoms with Gasteiger partial charge in [-0.1, -0.05) is 6.07 Å². The van der Waals surface area contributed by atoms with Crippen LogP contribution < -0.4 is 5.32 Å². The summed E-state index contributed by atoms with van der Waals surface area (Å²) in [5.41, 5.74) is 1.07. The van der Waals surface area contributed by atoms with Gasteiger partial charge in [0.2, 0.25) is 5.91 Å². The van der Waals surface area contributed by atoms with Crippen LogP contribution in [0, 0.1) is 6.92 Å². The minimum atomic E-state index is 0.156. The number of unbranched alkanes of at least 4 members (excludes halogenated alkanes) is 1. The van der Waals surface area contributed by atoms with Gasteiger partial charge in [-0.2, -0.15) is 0 Å². The van der Waals surface area contributed by atoms with Crippen molar-refractivity contribution in [3.05, 3.63) is 38.5 Å².